The van der Waals surface area contributed by atoms with Crippen LogP contribution in [0, 0.1) is 0 Å². The average Bonchev–Trinajstić information content (AvgIpc) is 2.80. The maximum Gasteiger partial charge on any atom is 0.257 e. The van der Waals surface area contributed by atoms with Gasteiger partial charge in [0.25, 0.3) is 5.91 Å². The molecule has 0 aliphatic rings. The van der Waals surface area contributed by atoms with E-state index in [9.17, 15) is 4.79 Å². The van der Waals surface area contributed by atoms with E-state index in [2.05, 4.69) is 45.3 Å². The number of amides is 1. The van der Waals surface area contributed by atoms with Crippen molar-refractivity contribution in [1.82, 2.24) is 5.32 Å². The molecular weight excluding hydrogens is 500 g/mol. The lowest BCUT2D eigenvalue weighted by atomic mass is 10.2. The van der Waals surface area contributed by atoms with Crippen molar-refractivity contribution in [2.24, 2.45) is 0 Å². The fraction of sp³-hybridized carbons (Fsp3) is 0.154. The van der Waals surface area contributed by atoms with Crippen LogP contribution in [0.3, 0.4) is 0 Å². The van der Waals surface area contributed by atoms with E-state index in [1.54, 1.807) is 18.2 Å². The third-order valence-electron chi connectivity index (χ3n) is 4.51. The Morgan fingerprint density at radius 1 is 1.03 bits per heavy atom. The van der Waals surface area contributed by atoms with Crippen LogP contribution in [0.4, 0.5) is 5.69 Å². The summed E-state index contributed by atoms with van der Waals surface area (Å²) in [5.41, 5.74) is 3.36. The van der Waals surface area contributed by atoms with Crippen molar-refractivity contribution in [2.75, 3.05) is 18.5 Å². The van der Waals surface area contributed by atoms with Crippen molar-refractivity contribution in [2.45, 2.75) is 13.3 Å². The molecule has 1 amide bonds. The molecule has 3 aromatic rings. The summed E-state index contributed by atoms with van der Waals surface area (Å²) in [6, 6.07) is 22.6. The summed E-state index contributed by atoms with van der Waals surface area (Å²) in [5.74, 6) is 1.09. The van der Waals surface area contributed by atoms with Crippen LogP contribution in [0.1, 0.15) is 22.8 Å². The highest BCUT2D eigenvalue weighted by atomic mass is 79.9. The van der Waals surface area contributed by atoms with Crippen molar-refractivity contribution >= 4 is 44.9 Å². The summed E-state index contributed by atoms with van der Waals surface area (Å²) >= 11 is 8.75. The maximum absolute atomic E-state index is 12.6. The molecule has 0 spiro atoms. The summed E-state index contributed by atoms with van der Waals surface area (Å²) in [7, 11) is 0. The minimum Gasteiger partial charge on any atom is -0.492 e. The first kappa shape index (κ1) is 24.5. The first-order valence-corrected chi connectivity index (χ1v) is 11.6. The molecule has 3 rings (SSSR count). The number of benzene rings is 3. The van der Waals surface area contributed by atoms with Crippen LogP contribution in [0.25, 0.3) is 0 Å². The lowest BCUT2D eigenvalue weighted by molar-refractivity contribution is 0.0977. The molecule has 170 valence electrons. The predicted molar refractivity (Wildman–Crippen MR) is 140 cm³/mol. The Kier molecular flexibility index (Phi) is 9.04. The number of hydrogen-bond donors (Lipinski definition) is 2. The summed E-state index contributed by atoms with van der Waals surface area (Å²) in [5, 5.41) is 5.89. The second-order valence-corrected chi connectivity index (χ2v) is 8.67. The highest BCUT2D eigenvalue weighted by Crippen LogP contribution is 2.26. The molecule has 0 atom stereocenters. The Morgan fingerprint density at radius 2 is 1.76 bits per heavy atom. The Morgan fingerprint density at radius 3 is 2.42 bits per heavy atom. The molecule has 7 heteroatoms. The molecule has 2 N–H and O–H groups in total. The second-order valence-electron chi connectivity index (χ2n) is 7.41. The van der Waals surface area contributed by atoms with Crippen LogP contribution in [0.2, 0.25) is 0 Å². The molecule has 0 unspecified atom stereocenters. The van der Waals surface area contributed by atoms with Gasteiger partial charge in [-0.1, -0.05) is 36.9 Å². The summed E-state index contributed by atoms with van der Waals surface area (Å²) in [4.78, 5) is 12.6. The van der Waals surface area contributed by atoms with Crippen LogP contribution >= 0.6 is 28.1 Å². The smallest absolute Gasteiger partial charge is 0.257 e. The normalized spacial score (nSPS) is 10.2. The number of thiocarbonyl (C=S) groups is 1. The predicted octanol–water partition coefficient (Wildman–Crippen LogP) is 6.15. The number of hydrogen-bond acceptors (Lipinski definition) is 4. The lowest BCUT2D eigenvalue weighted by Crippen LogP contribution is -2.34. The molecule has 0 radical (unpaired) electrons. The topological polar surface area (TPSA) is 59.6 Å². The van der Waals surface area contributed by atoms with E-state index in [4.69, 9.17) is 21.7 Å². The van der Waals surface area contributed by atoms with Crippen molar-refractivity contribution < 1.29 is 14.3 Å². The number of rotatable bonds is 9. The molecule has 0 aliphatic heterocycles. The third kappa shape index (κ3) is 8.04. The average molecular weight is 525 g/mol. The van der Waals surface area contributed by atoms with Gasteiger partial charge in [0.15, 0.2) is 5.11 Å². The lowest BCUT2D eigenvalue weighted by Gasteiger charge is -2.12. The Balaban J connectivity index is 1.49. The quantitative estimate of drug-likeness (QED) is 0.259. The first-order chi connectivity index (χ1) is 15.9. The standard InChI is InChI=1S/C26H25BrN2O3S/c1-18(2)17-32-22-11-9-21(10-12-22)28-26(33)29-25(30)20-8-13-24(23(27)16-20)31-15-14-19-6-4-3-5-7-19/h3-13,16H,1,14-15,17H2,2H3,(H2,28,29,30,33). The van der Waals surface area contributed by atoms with Gasteiger partial charge in [0.1, 0.15) is 18.1 Å². The zero-order valence-corrected chi connectivity index (χ0v) is 20.7. The highest BCUT2D eigenvalue weighted by molar-refractivity contribution is 9.10. The fourth-order valence-electron chi connectivity index (χ4n) is 2.86. The van der Waals surface area contributed by atoms with Crippen molar-refractivity contribution in [3.8, 4) is 11.5 Å². The van der Waals surface area contributed by atoms with E-state index >= 15 is 0 Å². The Bertz CT molecular complexity index is 1120. The number of nitrogens with one attached hydrogen (secondary N) is 2. The van der Waals surface area contributed by atoms with Crippen LogP contribution in [0.5, 0.6) is 11.5 Å². The van der Waals surface area contributed by atoms with Crippen molar-refractivity contribution in [1.29, 1.82) is 0 Å². The second kappa shape index (κ2) is 12.2. The minimum atomic E-state index is -0.314. The van der Waals surface area contributed by atoms with E-state index < -0.39 is 0 Å². The molecule has 0 saturated heterocycles. The van der Waals surface area contributed by atoms with Gasteiger partial charge < -0.3 is 14.8 Å². The first-order valence-electron chi connectivity index (χ1n) is 10.4. The summed E-state index contributed by atoms with van der Waals surface area (Å²) in [6.07, 6.45) is 0.802. The molecule has 33 heavy (non-hydrogen) atoms. The number of halogens is 1. The van der Waals surface area contributed by atoms with Crippen molar-refractivity contribution in [3.05, 3.63) is 101 Å². The molecule has 3 aromatic carbocycles. The van der Waals surface area contributed by atoms with Gasteiger partial charge in [-0.15, -0.1) is 0 Å². The van der Waals surface area contributed by atoms with E-state index in [1.807, 2.05) is 49.4 Å². The number of carbonyl (C=O) groups excluding carboxylic acids is 1. The van der Waals surface area contributed by atoms with Gasteiger partial charge in [-0.25, -0.2) is 0 Å². The molecule has 0 aliphatic carbocycles. The van der Waals surface area contributed by atoms with Gasteiger partial charge in [0.05, 0.1) is 11.1 Å². The Hall–Kier alpha value is -3.16. The summed E-state index contributed by atoms with van der Waals surface area (Å²) < 4.78 is 12.1. The van der Waals surface area contributed by atoms with Crippen LogP contribution in [0.15, 0.2) is 89.4 Å². The number of anilines is 1. The van der Waals surface area contributed by atoms with E-state index in [0.717, 1.165) is 23.4 Å². The van der Waals surface area contributed by atoms with Crippen LogP contribution in [-0.2, 0) is 6.42 Å². The third-order valence-corrected chi connectivity index (χ3v) is 5.33. The van der Waals surface area contributed by atoms with E-state index in [0.29, 0.717) is 29.0 Å². The van der Waals surface area contributed by atoms with Crippen LogP contribution in [-0.4, -0.2) is 24.2 Å². The molecular formula is C26H25BrN2O3S. The van der Waals surface area contributed by atoms with Crippen molar-refractivity contribution in [3.63, 3.8) is 0 Å². The van der Waals surface area contributed by atoms with Gasteiger partial charge in [-0.3, -0.25) is 10.1 Å². The number of ether oxygens (including phenoxy) is 2. The molecule has 0 fully saturated rings. The molecule has 0 bridgehead atoms. The van der Waals surface area contributed by atoms with E-state index in [-0.39, 0.29) is 11.0 Å². The zero-order chi connectivity index (χ0) is 23.6. The SMILES string of the molecule is C=C(C)COc1ccc(NC(=S)NC(=O)c2ccc(OCCc3ccccc3)c(Br)c2)cc1. The molecule has 5 nitrogen and oxygen atoms in total. The fourth-order valence-corrected chi connectivity index (χ4v) is 3.57. The van der Waals surface area contributed by atoms with Gasteiger partial charge in [0.2, 0.25) is 0 Å². The van der Waals surface area contributed by atoms with Gasteiger partial charge >= 0.3 is 0 Å². The van der Waals surface area contributed by atoms with Gasteiger partial charge in [-0.2, -0.15) is 0 Å². The largest absolute Gasteiger partial charge is 0.492 e. The van der Waals surface area contributed by atoms with Crippen LogP contribution < -0.4 is 20.1 Å². The molecule has 0 saturated carbocycles. The van der Waals surface area contributed by atoms with Gasteiger partial charge in [-0.05, 0) is 88.7 Å². The minimum absolute atomic E-state index is 0.204. The zero-order valence-electron chi connectivity index (χ0n) is 18.3. The highest BCUT2D eigenvalue weighted by Gasteiger charge is 2.11. The number of carbonyl (C=O) groups is 1. The molecule has 0 heterocycles. The summed E-state index contributed by atoms with van der Waals surface area (Å²) in [6.45, 7) is 6.72. The maximum atomic E-state index is 12.6. The van der Waals surface area contributed by atoms with E-state index in [1.165, 1.54) is 5.56 Å². The van der Waals surface area contributed by atoms with Gasteiger partial charge in [0, 0.05) is 17.7 Å². The molecule has 0 aromatic heterocycles. The Labute approximate surface area is 207 Å². The monoisotopic (exact) mass is 524 g/mol.